The number of aromatic nitrogens is 1. The molecule has 26 heavy (non-hydrogen) atoms. The van der Waals surface area contributed by atoms with Gasteiger partial charge in [-0.05, 0) is 42.8 Å². The van der Waals surface area contributed by atoms with Crippen LogP contribution in [0.1, 0.15) is 12.5 Å². The Morgan fingerprint density at radius 3 is 2.88 bits per heavy atom. The highest BCUT2D eigenvalue weighted by molar-refractivity contribution is 7.22. The topological polar surface area (TPSA) is 60.5 Å². The molecule has 0 saturated heterocycles. The maximum Gasteiger partial charge on any atom is 0.264 e. The third-order valence-electron chi connectivity index (χ3n) is 3.50. The van der Waals surface area contributed by atoms with Crippen LogP contribution in [0.2, 0.25) is 0 Å². The molecule has 0 atom stereocenters. The minimum absolute atomic E-state index is 0.191. The van der Waals surface area contributed by atoms with Crippen LogP contribution in [-0.4, -0.2) is 24.6 Å². The number of methoxy groups -OCH3 is 1. The number of rotatable bonds is 6. The van der Waals surface area contributed by atoms with Gasteiger partial charge in [-0.25, -0.2) is 9.37 Å². The Hall–Kier alpha value is -2.93. The molecule has 0 bridgehead atoms. The second-order valence-corrected chi connectivity index (χ2v) is 6.41. The maximum absolute atomic E-state index is 13.2. The smallest absolute Gasteiger partial charge is 0.264 e. The van der Waals surface area contributed by atoms with Gasteiger partial charge in [0.15, 0.2) is 23.2 Å². The van der Waals surface area contributed by atoms with Gasteiger partial charge in [0.2, 0.25) is 0 Å². The number of carbonyl (C=O) groups is 1. The third kappa shape index (κ3) is 4.18. The lowest BCUT2D eigenvalue weighted by molar-refractivity contribution is -0.118. The number of benzene rings is 2. The van der Waals surface area contributed by atoms with Gasteiger partial charge in [-0.15, -0.1) is 0 Å². The zero-order valence-corrected chi connectivity index (χ0v) is 15.1. The van der Waals surface area contributed by atoms with E-state index in [1.165, 1.54) is 23.5 Å². The Labute approximate surface area is 154 Å². The fourth-order valence-corrected chi connectivity index (χ4v) is 3.26. The highest BCUT2D eigenvalue weighted by Gasteiger charge is 2.11. The quantitative estimate of drug-likeness (QED) is 0.692. The molecule has 0 aliphatic heterocycles. The van der Waals surface area contributed by atoms with Crippen molar-refractivity contribution in [1.29, 1.82) is 0 Å². The van der Waals surface area contributed by atoms with Crippen molar-refractivity contribution in [1.82, 2.24) is 4.98 Å². The van der Waals surface area contributed by atoms with Crippen LogP contribution in [-0.2, 0) is 4.79 Å². The summed E-state index contributed by atoms with van der Waals surface area (Å²) in [7, 11) is 1.54. The van der Waals surface area contributed by atoms with Crippen LogP contribution in [0.5, 0.6) is 11.5 Å². The second-order valence-electron chi connectivity index (χ2n) is 5.38. The lowest BCUT2D eigenvalue weighted by Crippen LogP contribution is -2.20. The summed E-state index contributed by atoms with van der Waals surface area (Å²) in [6.45, 7) is 1.74. The average Bonchev–Trinajstić information content (AvgIpc) is 3.01. The van der Waals surface area contributed by atoms with Crippen molar-refractivity contribution in [3.8, 4) is 11.5 Å². The standard InChI is InChI=1S/C19H17FN2O3S/c1-3-4-12-5-8-15(16(9-12)24-2)25-11-18(23)22-19-21-14-7-6-13(20)10-17(14)26-19/h3-10H,11H2,1-2H3,(H,21,22,23)/b4-3+. The number of amides is 1. The van der Waals surface area contributed by atoms with Crippen molar-refractivity contribution in [2.45, 2.75) is 6.92 Å². The molecule has 0 aliphatic carbocycles. The Kier molecular flexibility index (Phi) is 5.48. The molecule has 1 aromatic heterocycles. The van der Waals surface area contributed by atoms with Gasteiger partial charge < -0.3 is 9.47 Å². The summed E-state index contributed by atoms with van der Waals surface area (Å²) in [4.78, 5) is 16.3. The summed E-state index contributed by atoms with van der Waals surface area (Å²) < 4.78 is 24.7. The summed E-state index contributed by atoms with van der Waals surface area (Å²) in [5, 5.41) is 3.06. The molecule has 0 fully saturated rings. The van der Waals surface area contributed by atoms with Gasteiger partial charge in [0.05, 0.1) is 17.3 Å². The number of anilines is 1. The Morgan fingerprint density at radius 1 is 1.27 bits per heavy atom. The first-order valence-electron chi connectivity index (χ1n) is 7.88. The monoisotopic (exact) mass is 372 g/mol. The van der Waals surface area contributed by atoms with Crippen LogP contribution >= 0.6 is 11.3 Å². The van der Waals surface area contributed by atoms with Crippen molar-refractivity contribution < 1.29 is 18.7 Å². The number of nitrogens with zero attached hydrogens (tertiary/aromatic N) is 1. The fourth-order valence-electron chi connectivity index (χ4n) is 2.35. The van der Waals surface area contributed by atoms with Crippen LogP contribution in [0.3, 0.4) is 0 Å². The molecule has 0 unspecified atom stereocenters. The minimum Gasteiger partial charge on any atom is -0.493 e. The number of nitrogens with one attached hydrogen (secondary N) is 1. The molecule has 2 aromatic carbocycles. The number of halogens is 1. The van der Waals surface area contributed by atoms with E-state index in [2.05, 4.69) is 10.3 Å². The maximum atomic E-state index is 13.2. The average molecular weight is 372 g/mol. The molecule has 0 aliphatic rings. The molecule has 3 aromatic rings. The number of fused-ring (bicyclic) bond motifs is 1. The number of allylic oxidation sites excluding steroid dienone is 1. The predicted molar refractivity (Wildman–Crippen MR) is 101 cm³/mol. The van der Waals surface area contributed by atoms with E-state index in [-0.39, 0.29) is 18.3 Å². The van der Waals surface area contributed by atoms with Gasteiger partial charge >= 0.3 is 0 Å². The van der Waals surface area contributed by atoms with Crippen molar-refractivity contribution in [2.24, 2.45) is 0 Å². The molecule has 7 heteroatoms. The van der Waals surface area contributed by atoms with E-state index in [1.807, 2.05) is 31.2 Å². The molecule has 1 amide bonds. The third-order valence-corrected chi connectivity index (χ3v) is 4.44. The molecule has 0 radical (unpaired) electrons. The Morgan fingerprint density at radius 2 is 2.12 bits per heavy atom. The largest absolute Gasteiger partial charge is 0.493 e. The molecule has 134 valence electrons. The van der Waals surface area contributed by atoms with Crippen LogP contribution < -0.4 is 14.8 Å². The van der Waals surface area contributed by atoms with Gasteiger partial charge in [0.1, 0.15) is 5.82 Å². The van der Waals surface area contributed by atoms with Gasteiger partial charge in [-0.1, -0.05) is 29.6 Å². The number of hydrogen-bond acceptors (Lipinski definition) is 5. The zero-order chi connectivity index (χ0) is 18.5. The molecule has 3 rings (SSSR count). The summed E-state index contributed by atoms with van der Waals surface area (Å²) >= 11 is 1.21. The SMILES string of the molecule is C/C=C/c1ccc(OCC(=O)Nc2nc3ccc(F)cc3s2)c(OC)c1. The normalized spacial score (nSPS) is 11.0. The first-order valence-corrected chi connectivity index (χ1v) is 8.70. The minimum atomic E-state index is -0.357. The molecule has 1 N–H and O–H groups in total. The van der Waals surface area contributed by atoms with Gasteiger partial charge in [-0.2, -0.15) is 0 Å². The number of ether oxygens (including phenoxy) is 2. The molecular formula is C19H17FN2O3S. The van der Waals surface area contributed by atoms with Gasteiger partial charge in [0.25, 0.3) is 5.91 Å². The second kappa shape index (κ2) is 7.97. The van der Waals surface area contributed by atoms with Gasteiger partial charge in [0, 0.05) is 0 Å². The summed E-state index contributed by atoms with van der Waals surface area (Å²) in [6.07, 6.45) is 3.86. The highest BCUT2D eigenvalue weighted by Crippen LogP contribution is 2.29. The fraction of sp³-hybridized carbons (Fsp3) is 0.158. The molecule has 0 spiro atoms. The van der Waals surface area contributed by atoms with Crippen molar-refractivity contribution >= 4 is 38.7 Å². The summed E-state index contributed by atoms with van der Waals surface area (Å²) in [6, 6.07) is 9.75. The summed E-state index contributed by atoms with van der Waals surface area (Å²) in [5.74, 6) is 0.325. The lowest BCUT2D eigenvalue weighted by atomic mass is 10.2. The van der Waals surface area contributed by atoms with Crippen LogP contribution in [0.4, 0.5) is 9.52 Å². The first-order chi connectivity index (χ1) is 12.6. The van der Waals surface area contributed by atoms with Crippen LogP contribution in [0, 0.1) is 5.82 Å². The lowest BCUT2D eigenvalue weighted by Gasteiger charge is -2.11. The van der Waals surface area contributed by atoms with E-state index in [0.29, 0.717) is 26.8 Å². The summed E-state index contributed by atoms with van der Waals surface area (Å²) in [5.41, 5.74) is 1.61. The van der Waals surface area contributed by atoms with E-state index < -0.39 is 0 Å². The molecule has 0 saturated carbocycles. The highest BCUT2D eigenvalue weighted by atomic mass is 32.1. The number of carbonyl (C=O) groups excluding carboxylic acids is 1. The van der Waals surface area contributed by atoms with E-state index in [9.17, 15) is 9.18 Å². The van der Waals surface area contributed by atoms with Crippen molar-refractivity contribution in [3.05, 3.63) is 53.9 Å². The van der Waals surface area contributed by atoms with E-state index in [0.717, 1.165) is 5.56 Å². The molecule has 1 heterocycles. The molecule has 5 nitrogen and oxygen atoms in total. The van der Waals surface area contributed by atoms with E-state index in [1.54, 1.807) is 19.2 Å². The van der Waals surface area contributed by atoms with Crippen molar-refractivity contribution in [3.63, 3.8) is 0 Å². The first kappa shape index (κ1) is 17.9. The Bertz CT molecular complexity index is 969. The van der Waals surface area contributed by atoms with Crippen molar-refractivity contribution in [2.75, 3.05) is 19.0 Å². The van der Waals surface area contributed by atoms with Crippen LogP contribution in [0.25, 0.3) is 16.3 Å². The van der Waals surface area contributed by atoms with E-state index >= 15 is 0 Å². The Balaban J connectivity index is 1.64. The zero-order valence-electron chi connectivity index (χ0n) is 14.3. The number of thiazole rings is 1. The van der Waals surface area contributed by atoms with E-state index in [4.69, 9.17) is 9.47 Å². The van der Waals surface area contributed by atoms with Crippen LogP contribution in [0.15, 0.2) is 42.5 Å². The molecular weight excluding hydrogens is 355 g/mol. The van der Waals surface area contributed by atoms with Gasteiger partial charge in [-0.3, -0.25) is 10.1 Å². The number of hydrogen-bond donors (Lipinski definition) is 1. The predicted octanol–water partition coefficient (Wildman–Crippen LogP) is 4.49.